The van der Waals surface area contributed by atoms with Crippen LogP contribution in [0.4, 0.5) is 11.5 Å². The van der Waals surface area contributed by atoms with E-state index >= 15 is 0 Å². The highest BCUT2D eigenvalue weighted by Gasteiger charge is 2.23. The number of hydrogen-bond donors (Lipinski definition) is 1. The minimum atomic E-state index is -1.17. The fraction of sp³-hybridized carbons (Fsp3) is 0.278. The molecule has 3 aromatic rings. The summed E-state index contributed by atoms with van der Waals surface area (Å²) in [6.07, 6.45) is 4.93. The predicted octanol–water partition coefficient (Wildman–Crippen LogP) is 2.92. The van der Waals surface area contributed by atoms with Crippen LogP contribution in [0.15, 0.2) is 30.6 Å². The third-order valence-electron chi connectivity index (χ3n) is 4.48. The number of carboxylic acids is 1. The van der Waals surface area contributed by atoms with Crippen LogP contribution in [-0.2, 0) is 12.8 Å². The van der Waals surface area contributed by atoms with E-state index in [1.54, 1.807) is 29.8 Å². The second-order valence-electron chi connectivity index (χ2n) is 6.24. The number of benzene rings is 1. The normalized spacial score (nSPS) is 16.8. The molecule has 24 heavy (non-hydrogen) atoms. The van der Waals surface area contributed by atoms with E-state index in [1.807, 2.05) is 0 Å². The number of nitrogens with one attached hydrogen (secondary N) is 1. The fourth-order valence-corrected chi connectivity index (χ4v) is 4.55. The number of aromatic nitrogens is 2. The van der Waals surface area contributed by atoms with E-state index < -0.39 is 5.97 Å². The first-order valence-corrected chi connectivity index (χ1v) is 8.77. The number of carboxylic acid groups (broad SMARTS) is 1. The minimum Gasteiger partial charge on any atom is -0.545 e. The number of hydrogen-bond acceptors (Lipinski definition) is 6. The highest BCUT2D eigenvalue weighted by atomic mass is 32.1. The lowest BCUT2D eigenvalue weighted by Crippen LogP contribution is -2.21. The Kier molecular flexibility index (Phi) is 3.69. The van der Waals surface area contributed by atoms with Gasteiger partial charge < -0.3 is 15.2 Å². The maximum atomic E-state index is 10.8. The zero-order valence-corrected chi connectivity index (χ0v) is 14.0. The molecule has 0 fully saturated rings. The zero-order chi connectivity index (χ0) is 16.7. The summed E-state index contributed by atoms with van der Waals surface area (Å²) in [4.78, 5) is 22.1. The molecule has 0 radical (unpaired) electrons. The Morgan fingerprint density at radius 1 is 1.29 bits per heavy atom. The molecular formula is C18H16N3O2S-. The molecule has 0 amide bonds. The maximum Gasteiger partial charge on any atom is 0.142 e. The Morgan fingerprint density at radius 2 is 2.08 bits per heavy atom. The van der Waals surface area contributed by atoms with Crippen LogP contribution >= 0.6 is 11.3 Å². The van der Waals surface area contributed by atoms with Crippen LogP contribution in [0.3, 0.4) is 0 Å². The highest BCUT2D eigenvalue weighted by molar-refractivity contribution is 7.19. The Morgan fingerprint density at radius 3 is 2.83 bits per heavy atom. The first kappa shape index (κ1) is 15.1. The van der Waals surface area contributed by atoms with E-state index in [-0.39, 0.29) is 5.56 Å². The molecule has 0 saturated heterocycles. The topological polar surface area (TPSA) is 77.9 Å². The van der Waals surface area contributed by atoms with Crippen LogP contribution in [0.25, 0.3) is 10.2 Å². The summed E-state index contributed by atoms with van der Waals surface area (Å²) in [6.45, 7) is 2.29. The van der Waals surface area contributed by atoms with Crippen molar-refractivity contribution in [3.05, 3.63) is 46.6 Å². The Balaban J connectivity index is 1.73. The lowest BCUT2D eigenvalue weighted by molar-refractivity contribution is -0.255. The molecule has 5 nitrogen and oxygen atoms in total. The lowest BCUT2D eigenvalue weighted by atomic mass is 9.89. The molecule has 1 aromatic carbocycles. The standard InChI is InChI=1S/C18H17N3O2S/c1-10-2-7-13-14(8-10)24-17-15(13)16(19-9-20-17)21-12-5-3-11(4-6-12)18(22)23/h3-6,9-10H,2,7-8H2,1H3,(H,22,23)(H,19,20,21)/p-1. The van der Waals surface area contributed by atoms with E-state index in [2.05, 4.69) is 22.2 Å². The summed E-state index contributed by atoms with van der Waals surface area (Å²) in [5.74, 6) is 0.326. The molecule has 1 unspecified atom stereocenters. The van der Waals surface area contributed by atoms with Gasteiger partial charge >= 0.3 is 0 Å². The van der Waals surface area contributed by atoms with Crippen molar-refractivity contribution in [1.82, 2.24) is 9.97 Å². The second-order valence-corrected chi connectivity index (χ2v) is 7.33. The van der Waals surface area contributed by atoms with Gasteiger partial charge in [-0.05, 0) is 48.4 Å². The molecule has 0 saturated carbocycles. The minimum absolute atomic E-state index is 0.162. The molecule has 2 aromatic heterocycles. The molecule has 0 aliphatic heterocycles. The first-order valence-electron chi connectivity index (χ1n) is 7.95. The van der Waals surface area contributed by atoms with Crippen LogP contribution in [0.2, 0.25) is 0 Å². The Bertz CT molecular complexity index is 918. The number of carbonyl (C=O) groups excluding carboxylic acids is 1. The Hall–Kier alpha value is -2.47. The van der Waals surface area contributed by atoms with Gasteiger partial charge in [-0.25, -0.2) is 9.97 Å². The smallest absolute Gasteiger partial charge is 0.142 e. The van der Waals surface area contributed by atoms with Crippen LogP contribution in [0, 0.1) is 5.92 Å². The largest absolute Gasteiger partial charge is 0.545 e. The van der Waals surface area contributed by atoms with Crippen molar-refractivity contribution in [2.24, 2.45) is 5.92 Å². The number of anilines is 2. The van der Waals surface area contributed by atoms with Crippen molar-refractivity contribution in [1.29, 1.82) is 0 Å². The monoisotopic (exact) mass is 338 g/mol. The lowest BCUT2D eigenvalue weighted by Gasteiger charge is -2.18. The van der Waals surface area contributed by atoms with Crippen molar-refractivity contribution in [3.63, 3.8) is 0 Å². The summed E-state index contributed by atoms with van der Waals surface area (Å²) in [5.41, 5.74) is 2.32. The number of nitrogens with zero attached hydrogens (tertiary/aromatic N) is 2. The number of fused-ring (bicyclic) bond motifs is 3. The van der Waals surface area contributed by atoms with Gasteiger partial charge in [0, 0.05) is 10.6 Å². The number of aromatic carboxylic acids is 1. The third-order valence-corrected chi connectivity index (χ3v) is 5.64. The van der Waals surface area contributed by atoms with Gasteiger partial charge in [0.25, 0.3) is 0 Å². The van der Waals surface area contributed by atoms with Crippen LogP contribution < -0.4 is 10.4 Å². The van der Waals surface area contributed by atoms with Crippen LogP contribution in [-0.4, -0.2) is 15.9 Å². The van der Waals surface area contributed by atoms with E-state index in [0.29, 0.717) is 5.92 Å². The maximum absolute atomic E-state index is 10.8. The van der Waals surface area contributed by atoms with Crippen LogP contribution in [0.1, 0.15) is 34.1 Å². The average Bonchev–Trinajstić information content (AvgIpc) is 2.93. The van der Waals surface area contributed by atoms with Crippen molar-refractivity contribution < 1.29 is 9.90 Å². The Labute approximate surface area is 143 Å². The van der Waals surface area contributed by atoms with Crippen molar-refractivity contribution in [2.75, 3.05) is 5.32 Å². The van der Waals surface area contributed by atoms with Gasteiger partial charge in [-0.1, -0.05) is 19.1 Å². The summed E-state index contributed by atoms with van der Waals surface area (Å²) in [7, 11) is 0. The average molecular weight is 338 g/mol. The summed E-state index contributed by atoms with van der Waals surface area (Å²) in [5, 5.41) is 15.3. The molecule has 1 aliphatic rings. The molecular weight excluding hydrogens is 322 g/mol. The van der Waals surface area contributed by atoms with Gasteiger partial charge in [-0.2, -0.15) is 0 Å². The SMILES string of the molecule is CC1CCc2c(sc3ncnc(Nc4ccc(C(=O)[O-])cc4)c23)C1. The molecule has 4 rings (SSSR count). The molecule has 0 spiro atoms. The molecule has 6 heteroatoms. The van der Waals surface area contributed by atoms with Crippen LogP contribution in [0.5, 0.6) is 0 Å². The van der Waals surface area contributed by atoms with E-state index in [0.717, 1.165) is 34.6 Å². The van der Waals surface area contributed by atoms with Gasteiger partial charge in [-0.3, -0.25) is 0 Å². The van der Waals surface area contributed by atoms with Gasteiger partial charge in [0.2, 0.25) is 0 Å². The van der Waals surface area contributed by atoms with Gasteiger partial charge in [0.05, 0.1) is 11.4 Å². The van der Waals surface area contributed by atoms with E-state index in [9.17, 15) is 9.90 Å². The van der Waals surface area contributed by atoms with Crippen molar-refractivity contribution >= 4 is 39.0 Å². The summed E-state index contributed by atoms with van der Waals surface area (Å²) in [6, 6.07) is 6.50. The number of aryl methyl sites for hydroxylation is 1. The molecule has 1 N–H and O–H groups in total. The van der Waals surface area contributed by atoms with Crippen molar-refractivity contribution in [3.8, 4) is 0 Å². The molecule has 1 aliphatic carbocycles. The van der Waals surface area contributed by atoms with Gasteiger partial charge in [0.1, 0.15) is 17.0 Å². The third kappa shape index (κ3) is 2.63. The molecule has 1 atom stereocenters. The number of rotatable bonds is 3. The predicted molar refractivity (Wildman–Crippen MR) is 92.7 cm³/mol. The quantitative estimate of drug-likeness (QED) is 0.794. The van der Waals surface area contributed by atoms with Gasteiger partial charge in [-0.15, -0.1) is 11.3 Å². The summed E-state index contributed by atoms with van der Waals surface area (Å²) < 4.78 is 0. The van der Waals surface area contributed by atoms with Gasteiger partial charge in [0.15, 0.2) is 0 Å². The fourth-order valence-electron chi connectivity index (χ4n) is 3.20. The van der Waals surface area contributed by atoms with E-state index in [1.165, 1.54) is 29.0 Å². The van der Waals surface area contributed by atoms with Crippen molar-refractivity contribution in [2.45, 2.75) is 26.2 Å². The van der Waals surface area contributed by atoms with E-state index in [4.69, 9.17) is 0 Å². The molecule has 122 valence electrons. The summed E-state index contributed by atoms with van der Waals surface area (Å²) >= 11 is 1.76. The first-order chi connectivity index (χ1) is 11.6. The highest BCUT2D eigenvalue weighted by Crippen LogP contribution is 2.40. The second kappa shape index (κ2) is 5.87. The molecule has 2 heterocycles. The molecule has 0 bridgehead atoms. The number of thiophene rings is 1. The number of carbonyl (C=O) groups is 1. The zero-order valence-electron chi connectivity index (χ0n) is 13.2.